The van der Waals surface area contributed by atoms with E-state index in [0.29, 0.717) is 24.8 Å². The third-order valence-corrected chi connectivity index (χ3v) is 4.02. The molecule has 1 amide bonds. The minimum atomic E-state index is -0.408. The highest BCUT2D eigenvalue weighted by molar-refractivity contribution is 6.35. The van der Waals surface area contributed by atoms with Crippen LogP contribution in [0.5, 0.6) is 0 Å². The van der Waals surface area contributed by atoms with Crippen molar-refractivity contribution in [2.24, 2.45) is 12.5 Å². The smallest absolute Gasteiger partial charge is 0.230 e. The third kappa shape index (κ3) is 2.07. The van der Waals surface area contributed by atoms with Gasteiger partial charge in [0.05, 0.1) is 41.4 Å². The third-order valence-electron chi connectivity index (χ3n) is 3.71. The van der Waals surface area contributed by atoms with Gasteiger partial charge in [0.15, 0.2) is 0 Å². The van der Waals surface area contributed by atoms with Crippen molar-refractivity contribution in [1.29, 1.82) is 0 Å². The van der Waals surface area contributed by atoms with Crippen LogP contribution in [-0.4, -0.2) is 28.9 Å². The summed E-state index contributed by atoms with van der Waals surface area (Å²) in [5.41, 5.74) is 1.33. The van der Waals surface area contributed by atoms with Crippen molar-refractivity contribution in [2.45, 2.75) is 13.5 Å². The molecule has 1 fully saturated rings. The molecule has 0 bridgehead atoms. The van der Waals surface area contributed by atoms with Gasteiger partial charge in [-0.1, -0.05) is 17.7 Å². The van der Waals surface area contributed by atoms with Crippen molar-refractivity contribution in [3.05, 3.63) is 28.9 Å². The maximum Gasteiger partial charge on any atom is 0.230 e. The quantitative estimate of drug-likeness (QED) is 0.940. The van der Waals surface area contributed by atoms with Crippen molar-refractivity contribution in [1.82, 2.24) is 15.1 Å². The number of fused-ring (bicyclic) bond motifs is 1. The number of carbonyl (C=O) groups excluding carboxylic acids is 1. The zero-order chi connectivity index (χ0) is 14.3. The molecule has 0 aliphatic carbocycles. The molecule has 1 N–H and O–H groups in total. The molecule has 0 atom stereocenters. The Labute approximate surface area is 121 Å². The molecular weight excluding hydrogens is 278 g/mol. The van der Waals surface area contributed by atoms with Gasteiger partial charge in [-0.3, -0.25) is 9.48 Å². The first kappa shape index (κ1) is 13.4. The summed E-state index contributed by atoms with van der Waals surface area (Å²) in [4.78, 5) is 12.1. The lowest BCUT2D eigenvalue weighted by atomic mass is 9.87. The molecule has 1 aliphatic heterocycles. The first-order valence-electron chi connectivity index (χ1n) is 6.47. The van der Waals surface area contributed by atoms with Crippen molar-refractivity contribution in [3.8, 4) is 0 Å². The molecule has 2 aromatic rings. The van der Waals surface area contributed by atoms with Crippen molar-refractivity contribution >= 4 is 28.4 Å². The van der Waals surface area contributed by atoms with Crippen molar-refractivity contribution < 1.29 is 9.53 Å². The van der Waals surface area contributed by atoms with Crippen LogP contribution < -0.4 is 5.32 Å². The topological polar surface area (TPSA) is 56.2 Å². The number of amides is 1. The largest absolute Gasteiger partial charge is 0.379 e. The van der Waals surface area contributed by atoms with Gasteiger partial charge in [-0.05, 0) is 19.1 Å². The van der Waals surface area contributed by atoms with E-state index in [1.165, 1.54) is 0 Å². The van der Waals surface area contributed by atoms with E-state index in [4.69, 9.17) is 16.3 Å². The number of hydrogen-bond donors (Lipinski definition) is 1. The number of rotatable bonds is 3. The van der Waals surface area contributed by atoms with Gasteiger partial charge in [0.1, 0.15) is 0 Å². The summed E-state index contributed by atoms with van der Waals surface area (Å²) in [6.07, 6.45) is 0. The molecule has 1 aliphatic rings. The average Bonchev–Trinajstić information content (AvgIpc) is 2.71. The minimum absolute atomic E-state index is 0.00499. The Morgan fingerprint density at radius 2 is 2.30 bits per heavy atom. The van der Waals surface area contributed by atoms with E-state index >= 15 is 0 Å². The van der Waals surface area contributed by atoms with Gasteiger partial charge in [-0.2, -0.15) is 5.10 Å². The number of nitrogens with one attached hydrogen (secondary N) is 1. The second kappa shape index (κ2) is 4.75. The number of aryl methyl sites for hydroxylation is 1. The van der Waals surface area contributed by atoms with Crippen LogP contribution in [0.15, 0.2) is 18.2 Å². The van der Waals surface area contributed by atoms with Gasteiger partial charge in [0, 0.05) is 12.4 Å². The zero-order valence-corrected chi connectivity index (χ0v) is 12.2. The Balaban J connectivity index is 1.83. The number of nitrogens with zero attached hydrogens (tertiary/aromatic N) is 2. The van der Waals surface area contributed by atoms with Crippen LogP contribution in [0, 0.1) is 5.41 Å². The van der Waals surface area contributed by atoms with E-state index in [9.17, 15) is 4.79 Å². The second-order valence-electron chi connectivity index (χ2n) is 5.44. The number of ether oxygens (including phenoxy) is 1. The summed E-state index contributed by atoms with van der Waals surface area (Å²) in [6, 6.07) is 5.68. The first-order chi connectivity index (χ1) is 9.51. The summed E-state index contributed by atoms with van der Waals surface area (Å²) in [5.74, 6) is -0.00499. The highest BCUT2D eigenvalue weighted by Gasteiger charge is 2.40. The van der Waals surface area contributed by atoms with Crippen molar-refractivity contribution in [3.63, 3.8) is 0 Å². The molecule has 3 rings (SSSR count). The SMILES string of the molecule is Cn1nc(CNC(=O)C2(C)COC2)c2c(Cl)cccc21. The van der Waals surface area contributed by atoms with Gasteiger partial charge in [0.2, 0.25) is 5.91 Å². The van der Waals surface area contributed by atoms with Crippen LogP contribution in [0.2, 0.25) is 5.02 Å². The minimum Gasteiger partial charge on any atom is -0.379 e. The van der Waals surface area contributed by atoms with E-state index in [1.54, 1.807) is 4.68 Å². The lowest BCUT2D eigenvalue weighted by Gasteiger charge is -2.36. The van der Waals surface area contributed by atoms with Gasteiger partial charge in [-0.25, -0.2) is 0 Å². The van der Waals surface area contributed by atoms with Gasteiger partial charge in [0.25, 0.3) is 0 Å². The maximum atomic E-state index is 12.1. The monoisotopic (exact) mass is 293 g/mol. The fraction of sp³-hybridized carbons (Fsp3) is 0.429. The number of benzene rings is 1. The highest BCUT2D eigenvalue weighted by Crippen LogP contribution is 2.28. The molecule has 106 valence electrons. The van der Waals surface area contributed by atoms with E-state index < -0.39 is 5.41 Å². The predicted octanol–water partition coefficient (Wildman–Crippen LogP) is 1.88. The van der Waals surface area contributed by atoms with E-state index in [0.717, 1.165) is 16.6 Å². The van der Waals surface area contributed by atoms with Crippen LogP contribution >= 0.6 is 11.6 Å². The van der Waals surface area contributed by atoms with Crippen LogP contribution in [0.1, 0.15) is 12.6 Å². The highest BCUT2D eigenvalue weighted by atomic mass is 35.5. The molecule has 2 heterocycles. The summed E-state index contributed by atoms with van der Waals surface area (Å²) in [6.45, 7) is 3.22. The summed E-state index contributed by atoms with van der Waals surface area (Å²) < 4.78 is 6.88. The van der Waals surface area contributed by atoms with Crippen LogP contribution in [0.4, 0.5) is 0 Å². The second-order valence-corrected chi connectivity index (χ2v) is 5.85. The van der Waals surface area contributed by atoms with Crippen LogP contribution in [-0.2, 0) is 23.1 Å². The van der Waals surface area contributed by atoms with Crippen LogP contribution in [0.25, 0.3) is 10.9 Å². The Kier molecular flexibility index (Phi) is 3.18. The summed E-state index contributed by atoms with van der Waals surface area (Å²) in [5, 5.41) is 8.90. The van der Waals surface area contributed by atoms with Crippen molar-refractivity contribution in [2.75, 3.05) is 13.2 Å². The number of carbonyl (C=O) groups is 1. The first-order valence-corrected chi connectivity index (χ1v) is 6.85. The Bertz CT molecular complexity index is 676. The van der Waals surface area contributed by atoms with E-state index in [-0.39, 0.29) is 5.91 Å². The lowest BCUT2D eigenvalue weighted by Crippen LogP contribution is -2.51. The zero-order valence-electron chi connectivity index (χ0n) is 11.4. The van der Waals surface area contributed by atoms with Gasteiger partial charge >= 0.3 is 0 Å². The Hall–Kier alpha value is -1.59. The Morgan fingerprint density at radius 1 is 1.55 bits per heavy atom. The number of hydrogen-bond acceptors (Lipinski definition) is 3. The number of aromatic nitrogens is 2. The molecule has 6 heteroatoms. The lowest BCUT2D eigenvalue weighted by molar-refractivity contribution is -0.157. The molecule has 1 aromatic heterocycles. The predicted molar refractivity (Wildman–Crippen MR) is 76.5 cm³/mol. The fourth-order valence-electron chi connectivity index (χ4n) is 2.39. The van der Waals surface area contributed by atoms with E-state index in [2.05, 4.69) is 10.4 Å². The van der Waals surface area contributed by atoms with Gasteiger partial charge in [-0.15, -0.1) is 0 Å². The molecule has 0 saturated carbocycles. The molecule has 5 nitrogen and oxygen atoms in total. The average molecular weight is 294 g/mol. The standard InChI is InChI=1S/C14H16ClN3O2/c1-14(7-20-8-14)13(19)16-6-10-12-9(15)4-3-5-11(12)18(2)17-10/h3-5H,6-8H2,1-2H3,(H,16,19). The molecule has 1 saturated heterocycles. The summed E-state index contributed by atoms with van der Waals surface area (Å²) in [7, 11) is 1.87. The molecular formula is C14H16ClN3O2. The van der Waals surface area contributed by atoms with E-state index in [1.807, 2.05) is 32.2 Å². The normalized spacial score (nSPS) is 16.9. The van der Waals surface area contributed by atoms with Gasteiger partial charge < -0.3 is 10.1 Å². The Morgan fingerprint density at radius 3 is 2.95 bits per heavy atom. The molecule has 1 aromatic carbocycles. The van der Waals surface area contributed by atoms with Crippen LogP contribution in [0.3, 0.4) is 0 Å². The number of halogens is 1. The molecule has 0 unspecified atom stereocenters. The molecule has 20 heavy (non-hydrogen) atoms. The summed E-state index contributed by atoms with van der Waals surface area (Å²) >= 11 is 6.23. The molecule has 0 spiro atoms. The maximum absolute atomic E-state index is 12.1. The molecule has 0 radical (unpaired) electrons. The fourth-order valence-corrected chi connectivity index (χ4v) is 2.67.